The lowest BCUT2D eigenvalue weighted by Crippen LogP contribution is -2.11. The first kappa shape index (κ1) is 15.1. The molecule has 21 heavy (non-hydrogen) atoms. The number of rotatable bonds is 5. The van der Waals surface area contributed by atoms with Crippen molar-refractivity contribution in [1.82, 2.24) is 0 Å². The average Bonchev–Trinajstić information content (AvgIpc) is 2.47. The van der Waals surface area contributed by atoms with Gasteiger partial charge in [-0.2, -0.15) is 0 Å². The Bertz CT molecular complexity index is 677. The molecule has 4 nitrogen and oxygen atoms in total. The van der Waals surface area contributed by atoms with E-state index in [0.717, 1.165) is 0 Å². The highest BCUT2D eigenvalue weighted by Crippen LogP contribution is 2.31. The zero-order valence-corrected chi connectivity index (χ0v) is 12.5. The number of anilines is 2. The number of nitrogens with one attached hydrogen (secondary N) is 1. The van der Waals surface area contributed by atoms with Crippen LogP contribution in [-0.2, 0) is 0 Å². The Labute approximate surface area is 127 Å². The number of ether oxygens (including phenoxy) is 2. The van der Waals surface area contributed by atoms with Gasteiger partial charge in [-0.15, -0.1) is 0 Å². The summed E-state index contributed by atoms with van der Waals surface area (Å²) in [5, 5.41) is 3.08. The van der Waals surface area contributed by atoms with Gasteiger partial charge in [0.25, 0.3) is 0 Å². The van der Waals surface area contributed by atoms with Gasteiger partial charge in [0, 0.05) is 17.3 Å². The smallest absolute Gasteiger partial charge is 0.145 e. The second kappa shape index (κ2) is 6.41. The molecule has 0 aliphatic heterocycles. The monoisotopic (exact) mass is 306 g/mol. The molecular formula is C15H15FN2O2S. The maximum atomic E-state index is 13.8. The fourth-order valence-electron chi connectivity index (χ4n) is 1.85. The Hall–Kier alpha value is -2.34. The van der Waals surface area contributed by atoms with E-state index in [9.17, 15) is 4.39 Å². The molecule has 0 aromatic heterocycles. The third-order valence-electron chi connectivity index (χ3n) is 2.92. The number of hydrogen-bond acceptors (Lipinski definition) is 4. The fraction of sp³-hybridized carbons (Fsp3) is 0.133. The molecule has 0 aliphatic carbocycles. The summed E-state index contributed by atoms with van der Waals surface area (Å²) in [5.41, 5.74) is 6.91. The molecule has 3 N–H and O–H groups in total. The normalized spacial score (nSPS) is 10.0. The lowest BCUT2D eigenvalue weighted by Gasteiger charge is -2.13. The summed E-state index contributed by atoms with van der Waals surface area (Å²) >= 11 is 4.77. The first-order valence-corrected chi connectivity index (χ1v) is 6.54. The first-order valence-electron chi connectivity index (χ1n) is 6.13. The quantitative estimate of drug-likeness (QED) is 0.831. The van der Waals surface area contributed by atoms with E-state index in [1.54, 1.807) is 38.5 Å². The molecule has 0 saturated carbocycles. The summed E-state index contributed by atoms with van der Waals surface area (Å²) in [6, 6.07) is 9.87. The molecule has 2 aromatic rings. The maximum Gasteiger partial charge on any atom is 0.145 e. The van der Waals surface area contributed by atoms with E-state index in [2.05, 4.69) is 5.32 Å². The SMILES string of the molecule is COc1ccc(Nc2ccc(C(N)=S)c(F)c2)c(OC)c1. The van der Waals surface area contributed by atoms with E-state index >= 15 is 0 Å². The van der Waals surface area contributed by atoms with Crippen LogP contribution in [0.5, 0.6) is 11.5 Å². The van der Waals surface area contributed by atoms with E-state index in [1.807, 2.05) is 0 Å². The van der Waals surface area contributed by atoms with Gasteiger partial charge in [-0.25, -0.2) is 4.39 Å². The van der Waals surface area contributed by atoms with Crippen LogP contribution in [0.15, 0.2) is 36.4 Å². The summed E-state index contributed by atoms with van der Waals surface area (Å²) < 4.78 is 24.2. The van der Waals surface area contributed by atoms with Gasteiger partial charge >= 0.3 is 0 Å². The van der Waals surface area contributed by atoms with Gasteiger partial charge in [0.1, 0.15) is 22.3 Å². The van der Waals surface area contributed by atoms with Crippen molar-refractivity contribution in [2.45, 2.75) is 0 Å². The second-order valence-corrected chi connectivity index (χ2v) is 4.69. The predicted molar refractivity (Wildman–Crippen MR) is 85.1 cm³/mol. The minimum atomic E-state index is -0.472. The number of hydrogen-bond donors (Lipinski definition) is 2. The molecule has 0 atom stereocenters. The summed E-state index contributed by atoms with van der Waals surface area (Å²) in [6.45, 7) is 0. The van der Waals surface area contributed by atoms with Crippen LogP contribution < -0.4 is 20.5 Å². The van der Waals surface area contributed by atoms with E-state index < -0.39 is 5.82 Å². The third-order valence-corrected chi connectivity index (χ3v) is 3.14. The molecule has 0 bridgehead atoms. The first-order chi connectivity index (χ1) is 10.0. The summed E-state index contributed by atoms with van der Waals surface area (Å²) in [6.07, 6.45) is 0. The van der Waals surface area contributed by atoms with Crippen molar-refractivity contribution in [3.8, 4) is 11.5 Å². The number of benzene rings is 2. The van der Waals surface area contributed by atoms with Crippen molar-refractivity contribution in [3.63, 3.8) is 0 Å². The van der Waals surface area contributed by atoms with Crippen LogP contribution in [0.25, 0.3) is 0 Å². The highest BCUT2D eigenvalue weighted by atomic mass is 32.1. The molecule has 0 heterocycles. The lowest BCUT2D eigenvalue weighted by atomic mass is 10.2. The van der Waals surface area contributed by atoms with Crippen LogP contribution in [0.4, 0.5) is 15.8 Å². The Kier molecular flexibility index (Phi) is 4.59. The molecule has 6 heteroatoms. The van der Waals surface area contributed by atoms with E-state index in [1.165, 1.54) is 12.1 Å². The van der Waals surface area contributed by atoms with Gasteiger partial charge < -0.3 is 20.5 Å². The summed E-state index contributed by atoms with van der Waals surface area (Å²) in [4.78, 5) is 0.0288. The summed E-state index contributed by atoms with van der Waals surface area (Å²) in [5.74, 6) is 0.792. The van der Waals surface area contributed by atoms with Gasteiger partial charge in [0.2, 0.25) is 0 Å². The van der Waals surface area contributed by atoms with Crippen molar-refractivity contribution >= 4 is 28.6 Å². The van der Waals surface area contributed by atoms with E-state index in [4.69, 9.17) is 27.4 Å². The van der Waals surface area contributed by atoms with Crippen molar-refractivity contribution < 1.29 is 13.9 Å². The third kappa shape index (κ3) is 3.41. The molecule has 0 aliphatic rings. The minimum Gasteiger partial charge on any atom is -0.497 e. The Morgan fingerprint density at radius 1 is 1.14 bits per heavy atom. The Balaban J connectivity index is 2.30. The highest BCUT2D eigenvalue weighted by molar-refractivity contribution is 7.80. The fourth-order valence-corrected chi connectivity index (χ4v) is 2.02. The number of halogens is 1. The van der Waals surface area contributed by atoms with Gasteiger partial charge in [-0.3, -0.25) is 0 Å². The number of methoxy groups -OCH3 is 2. The molecule has 2 rings (SSSR count). The van der Waals surface area contributed by atoms with E-state index in [0.29, 0.717) is 22.9 Å². The minimum absolute atomic E-state index is 0.0288. The van der Waals surface area contributed by atoms with Crippen molar-refractivity contribution in [2.24, 2.45) is 5.73 Å². The van der Waals surface area contributed by atoms with Crippen LogP contribution in [0.2, 0.25) is 0 Å². The molecule has 2 aromatic carbocycles. The number of thiocarbonyl (C=S) groups is 1. The van der Waals surface area contributed by atoms with Crippen LogP contribution in [0.3, 0.4) is 0 Å². The zero-order valence-electron chi connectivity index (χ0n) is 11.6. The van der Waals surface area contributed by atoms with Gasteiger partial charge in [-0.1, -0.05) is 12.2 Å². The maximum absolute atomic E-state index is 13.8. The largest absolute Gasteiger partial charge is 0.497 e. The number of nitrogens with two attached hydrogens (primary N) is 1. The van der Waals surface area contributed by atoms with Crippen LogP contribution in [0, 0.1) is 5.82 Å². The van der Waals surface area contributed by atoms with Crippen molar-refractivity contribution in [1.29, 1.82) is 0 Å². The molecule has 0 fully saturated rings. The average molecular weight is 306 g/mol. The summed E-state index contributed by atoms with van der Waals surface area (Å²) in [7, 11) is 3.13. The lowest BCUT2D eigenvalue weighted by molar-refractivity contribution is 0.395. The molecular weight excluding hydrogens is 291 g/mol. The standard InChI is InChI=1S/C15H15FN2O2S/c1-19-10-4-6-13(14(8-10)20-2)18-9-3-5-11(15(17)21)12(16)7-9/h3-8,18H,1-2H3,(H2,17,21). The van der Waals surface area contributed by atoms with Gasteiger partial charge in [0.15, 0.2) is 0 Å². The molecule has 110 valence electrons. The topological polar surface area (TPSA) is 56.5 Å². The molecule has 0 radical (unpaired) electrons. The molecule has 0 unspecified atom stereocenters. The van der Waals surface area contributed by atoms with Crippen LogP contribution >= 0.6 is 12.2 Å². The van der Waals surface area contributed by atoms with Crippen LogP contribution in [0.1, 0.15) is 5.56 Å². The second-order valence-electron chi connectivity index (χ2n) is 4.25. The predicted octanol–water partition coefficient (Wildman–Crippen LogP) is 3.22. The molecule has 0 amide bonds. The van der Waals surface area contributed by atoms with Crippen LogP contribution in [-0.4, -0.2) is 19.2 Å². The Morgan fingerprint density at radius 3 is 2.48 bits per heavy atom. The van der Waals surface area contributed by atoms with Gasteiger partial charge in [0.05, 0.1) is 19.9 Å². The van der Waals surface area contributed by atoms with Crippen molar-refractivity contribution in [2.75, 3.05) is 19.5 Å². The van der Waals surface area contributed by atoms with Gasteiger partial charge in [-0.05, 0) is 30.3 Å². The molecule has 0 saturated heterocycles. The zero-order chi connectivity index (χ0) is 15.4. The highest BCUT2D eigenvalue weighted by Gasteiger charge is 2.09. The van der Waals surface area contributed by atoms with E-state index in [-0.39, 0.29) is 10.6 Å². The molecule has 0 spiro atoms. The van der Waals surface area contributed by atoms with Crippen molar-refractivity contribution in [3.05, 3.63) is 47.8 Å². The Morgan fingerprint density at radius 2 is 1.90 bits per heavy atom.